The Labute approximate surface area is 188 Å². The summed E-state index contributed by atoms with van der Waals surface area (Å²) >= 11 is 6.25. The van der Waals surface area contributed by atoms with Crippen LogP contribution in [0.3, 0.4) is 0 Å². The Bertz CT molecular complexity index is 1230. The summed E-state index contributed by atoms with van der Waals surface area (Å²) < 4.78 is 1.48. The van der Waals surface area contributed by atoms with Crippen LogP contribution < -0.4 is 4.90 Å². The monoisotopic (exact) mass is 451 g/mol. The maximum absolute atomic E-state index is 13.3. The number of rotatable bonds is 4. The predicted molar refractivity (Wildman–Crippen MR) is 117 cm³/mol. The first kappa shape index (κ1) is 21.3. The second-order valence-electron chi connectivity index (χ2n) is 7.27. The second-order valence-corrected chi connectivity index (χ2v) is 7.67. The molecule has 11 heteroatoms. The number of aromatic nitrogens is 3. The third kappa shape index (κ3) is 3.98. The van der Waals surface area contributed by atoms with Gasteiger partial charge in [0.05, 0.1) is 38.6 Å². The third-order valence-electron chi connectivity index (χ3n) is 5.33. The van der Waals surface area contributed by atoms with E-state index in [2.05, 4.69) is 16.4 Å². The first-order valence-electron chi connectivity index (χ1n) is 9.80. The van der Waals surface area contributed by atoms with Crippen molar-refractivity contribution in [2.45, 2.75) is 6.92 Å². The van der Waals surface area contributed by atoms with E-state index in [1.54, 1.807) is 42.2 Å². The van der Waals surface area contributed by atoms with Gasteiger partial charge in [-0.15, -0.1) is 5.10 Å². The molecule has 0 N–H and O–H groups in total. The molecule has 0 saturated carbocycles. The number of hydrogen-bond acceptors (Lipinski definition) is 7. The summed E-state index contributed by atoms with van der Waals surface area (Å²) in [5.74, 6) is -0.189. The summed E-state index contributed by atoms with van der Waals surface area (Å²) in [5, 5.41) is 28.4. The van der Waals surface area contributed by atoms with Crippen molar-refractivity contribution in [3.05, 3.63) is 74.6 Å². The molecule has 4 rings (SSSR count). The molecular formula is C21H18ClN7O3. The average Bonchev–Trinajstić information content (AvgIpc) is 3.20. The standard InChI is InChI=1S/C21H18ClN7O3/c1-14-20(28(25-24-14)16-4-2-15(13-23)3-5-16)21(30)27-10-8-26(9-11-27)19-7-6-17(29(31)32)12-18(19)22/h2-7,12H,8-11H2,1H3. The van der Waals surface area contributed by atoms with E-state index >= 15 is 0 Å². The van der Waals surface area contributed by atoms with Crippen molar-refractivity contribution < 1.29 is 9.72 Å². The Morgan fingerprint density at radius 1 is 1.16 bits per heavy atom. The zero-order chi connectivity index (χ0) is 22.8. The number of nitriles is 1. The molecule has 2 aromatic carbocycles. The molecule has 162 valence electrons. The van der Waals surface area contributed by atoms with Crippen LogP contribution in [0.1, 0.15) is 21.7 Å². The van der Waals surface area contributed by atoms with Crippen LogP contribution in [0.5, 0.6) is 0 Å². The van der Waals surface area contributed by atoms with Gasteiger partial charge >= 0.3 is 0 Å². The van der Waals surface area contributed by atoms with Gasteiger partial charge in [-0.05, 0) is 37.3 Å². The zero-order valence-electron chi connectivity index (χ0n) is 17.1. The van der Waals surface area contributed by atoms with Crippen molar-refractivity contribution >= 4 is 28.9 Å². The number of halogens is 1. The average molecular weight is 452 g/mol. The number of nitro benzene ring substituents is 1. The lowest BCUT2D eigenvalue weighted by Gasteiger charge is -2.36. The highest BCUT2D eigenvalue weighted by molar-refractivity contribution is 6.33. The number of amides is 1. The van der Waals surface area contributed by atoms with Gasteiger partial charge < -0.3 is 9.80 Å². The molecule has 1 fully saturated rings. The van der Waals surface area contributed by atoms with E-state index in [1.807, 2.05) is 4.90 Å². The molecule has 1 amide bonds. The Morgan fingerprint density at radius 2 is 1.84 bits per heavy atom. The molecule has 1 saturated heterocycles. The molecule has 1 aliphatic heterocycles. The van der Waals surface area contributed by atoms with Crippen molar-refractivity contribution in [2.24, 2.45) is 0 Å². The minimum absolute atomic E-state index is 0.0633. The van der Waals surface area contributed by atoms with Crippen LogP contribution in [-0.2, 0) is 0 Å². The van der Waals surface area contributed by atoms with Crippen molar-refractivity contribution in [3.63, 3.8) is 0 Å². The molecule has 0 radical (unpaired) electrons. The normalized spacial score (nSPS) is 13.7. The van der Waals surface area contributed by atoms with Crippen LogP contribution in [0.15, 0.2) is 42.5 Å². The summed E-state index contributed by atoms with van der Waals surface area (Å²) in [6.45, 7) is 3.68. The fourth-order valence-corrected chi connectivity index (χ4v) is 3.92. The van der Waals surface area contributed by atoms with E-state index in [1.165, 1.54) is 16.8 Å². The van der Waals surface area contributed by atoms with E-state index in [4.69, 9.17) is 16.9 Å². The van der Waals surface area contributed by atoms with Gasteiger partial charge in [-0.25, -0.2) is 4.68 Å². The van der Waals surface area contributed by atoms with E-state index in [0.717, 1.165) is 0 Å². The van der Waals surface area contributed by atoms with Crippen molar-refractivity contribution in [1.82, 2.24) is 19.9 Å². The highest BCUT2D eigenvalue weighted by Gasteiger charge is 2.28. The molecule has 3 aromatic rings. The maximum Gasteiger partial charge on any atom is 0.274 e. The third-order valence-corrected chi connectivity index (χ3v) is 5.63. The number of nitrogens with zero attached hydrogens (tertiary/aromatic N) is 7. The van der Waals surface area contributed by atoms with Crippen molar-refractivity contribution in [2.75, 3.05) is 31.1 Å². The van der Waals surface area contributed by atoms with Gasteiger partial charge in [0.2, 0.25) is 0 Å². The van der Waals surface area contributed by atoms with Crippen LogP contribution in [0.25, 0.3) is 5.69 Å². The van der Waals surface area contributed by atoms with Gasteiger partial charge in [-0.1, -0.05) is 16.8 Å². The van der Waals surface area contributed by atoms with Crippen LogP contribution >= 0.6 is 11.6 Å². The fraction of sp³-hybridized carbons (Fsp3) is 0.238. The zero-order valence-corrected chi connectivity index (χ0v) is 17.9. The number of hydrogen-bond donors (Lipinski definition) is 0. The van der Waals surface area contributed by atoms with Crippen molar-refractivity contribution in [3.8, 4) is 11.8 Å². The highest BCUT2D eigenvalue weighted by atomic mass is 35.5. The lowest BCUT2D eigenvalue weighted by molar-refractivity contribution is -0.384. The van der Waals surface area contributed by atoms with Crippen LogP contribution in [0, 0.1) is 28.4 Å². The smallest absolute Gasteiger partial charge is 0.274 e. The van der Waals surface area contributed by atoms with E-state index in [0.29, 0.717) is 59.5 Å². The minimum Gasteiger partial charge on any atom is -0.367 e. The Morgan fingerprint density at radius 3 is 2.44 bits per heavy atom. The number of non-ortho nitro benzene ring substituents is 1. The molecule has 0 bridgehead atoms. The molecular weight excluding hydrogens is 434 g/mol. The van der Waals surface area contributed by atoms with E-state index < -0.39 is 4.92 Å². The minimum atomic E-state index is -0.486. The molecule has 0 spiro atoms. The number of nitro groups is 1. The first-order valence-corrected chi connectivity index (χ1v) is 10.2. The quantitative estimate of drug-likeness (QED) is 0.441. The SMILES string of the molecule is Cc1nnn(-c2ccc(C#N)cc2)c1C(=O)N1CCN(c2ccc([N+](=O)[O-])cc2Cl)CC1. The van der Waals surface area contributed by atoms with E-state index in [-0.39, 0.29) is 11.6 Å². The molecule has 1 aromatic heterocycles. The number of anilines is 1. The summed E-state index contributed by atoms with van der Waals surface area (Å²) in [6.07, 6.45) is 0. The molecule has 10 nitrogen and oxygen atoms in total. The lowest BCUT2D eigenvalue weighted by atomic mass is 10.2. The van der Waals surface area contributed by atoms with Gasteiger partial charge in [0, 0.05) is 38.3 Å². The summed E-state index contributed by atoms with van der Waals surface area (Å²) in [5.41, 5.74) is 2.68. The van der Waals surface area contributed by atoms with Gasteiger partial charge in [0.25, 0.3) is 11.6 Å². The van der Waals surface area contributed by atoms with Gasteiger partial charge in [-0.2, -0.15) is 5.26 Å². The largest absolute Gasteiger partial charge is 0.367 e. The molecule has 0 aliphatic carbocycles. The molecule has 2 heterocycles. The first-order chi connectivity index (χ1) is 15.4. The second kappa shape index (κ2) is 8.64. The highest BCUT2D eigenvalue weighted by Crippen LogP contribution is 2.30. The molecule has 32 heavy (non-hydrogen) atoms. The number of piperazine rings is 1. The number of carbonyl (C=O) groups is 1. The predicted octanol–water partition coefficient (Wildman–Crippen LogP) is 2.97. The van der Waals surface area contributed by atoms with Gasteiger partial charge in [0.15, 0.2) is 5.69 Å². The summed E-state index contributed by atoms with van der Waals surface area (Å²) in [7, 11) is 0. The molecule has 0 atom stereocenters. The van der Waals surface area contributed by atoms with E-state index in [9.17, 15) is 14.9 Å². The number of carbonyl (C=O) groups excluding carboxylic acids is 1. The lowest BCUT2D eigenvalue weighted by Crippen LogP contribution is -2.49. The van der Waals surface area contributed by atoms with Crippen LogP contribution in [0.2, 0.25) is 5.02 Å². The number of benzene rings is 2. The van der Waals surface area contributed by atoms with Gasteiger partial charge in [-0.3, -0.25) is 14.9 Å². The van der Waals surface area contributed by atoms with Crippen LogP contribution in [-0.4, -0.2) is 56.9 Å². The Hall–Kier alpha value is -3.97. The summed E-state index contributed by atoms with van der Waals surface area (Å²) in [4.78, 5) is 27.4. The Balaban J connectivity index is 1.50. The topological polar surface area (TPSA) is 121 Å². The van der Waals surface area contributed by atoms with Gasteiger partial charge in [0.1, 0.15) is 0 Å². The van der Waals surface area contributed by atoms with Crippen LogP contribution in [0.4, 0.5) is 11.4 Å². The fourth-order valence-electron chi connectivity index (χ4n) is 3.63. The molecule has 1 aliphatic rings. The van der Waals surface area contributed by atoms with Crippen molar-refractivity contribution in [1.29, 1.82) is 5.26 Å². The summed E-state index contributed by atoms with van der Waals surface area (Å²) in [6, 6.07) is 13.2. The molecule has 0 unspecified atom stereocenters. The number of aryl methyl sites for hydroxylation is 1. The maximum atomic E-state index is 13.3. The Kier molecular flexibility index (Phi) is 5.75.